The molecule has 128 valence electrons. The van der Waals surface area contributed by atoms with Crippen molar-refractivity contribution in [3.8, 4) is 0 Å². The van der Waals surface area contributed by atoms with Crippen LogP contribution in [0, 0.1) is 0 Å². The van der Waals surface area contributed by atoms with Crippen LogP contribution in [0.5, 0.6) is 0 Å². The first-order valence-electron chi connectivity index (χ1n) is 8.77. The lowest BCUT2D eigenvalue weighted by molar-refractivity contribution is 0.169. The molecule has 0 bridgehead atoms. The predicted octanol–water partition coefficient (Wildman–Crippen LogP) is 3.27. The molecule has 0 unspecified atom stereocenters. The summed E-state index contributed by atoms with van der Waals surface area (Å²) in [5.41, 5.74) is 7.90. The van der Waals surface area contributed by atoms with Crippen molar-refractivity contribution in [2.45, 2.75) is 83.6 Å². The lowest BCUT2D eigenvalue weighted by Gasteiger charge is -2.26. The Labute approximate surface area is 134 Å². The van der Waals surface area contributed by atoms with E-state index in [-0.39, 0.29) is 12.1 Å². The van der Waals surface area contributed by atoms with Gasteiger partial charge in [-0.25, -0.2) is 20.0 Å². The molecule has 0 heterocycles. The van der Waals surface area contributed by atoms with Crippen LogP contribution in [0.4, 0.5) is 9.59 Å². The van der Waals surface area contributed by atoms with Crippen molar-refractivity contribution in [1.82, 2.24) is 15.8 Å². The van der Waals surface area contributed by atoms with Gasteiger partial charge < -0.3 is 11.1 Å². The van der Waals surface area contributed by atoms with E-state index in [1.54, 1.807) is 0 Å². The van der Waals surface area contributed by atoms with Crippen molar-refractivity contribution in [2.24, 2.45) is 5.73 Å². The first-order chi connectivity index (χ1) is 10.6. The zero-order chi connectivity index (χ0) is 16.2. The number of rotatable bonds is 8. The van der Waals surface area contributed by atoms with E-state index in [2.05, 4.69) is 17.7 Å². The second-order valence-electron chi connectivity index (χ2n) is 6.18. The lowest BCUT2D eigenvalue weighted by atomic mass is 9.96. The Bertz CT molecular complexity index is 330. The van der Waals surface area contributed by atoms with Crippen LogP contribution in [0.15, 0.2) is 0 Å². The van der Waals surface area contributed by atoms with Crippen LogP contribution in [0.3, 0.4) is 0 Å². The largest absolute Gasteiger partial charge is 0.350 e. The SMILES string of the molecule is CCCCCCCCN(NC(=O)NC1CCCCC1)C(N)=O. The van der Waals surface area contributed by atoms with Crippen molar-refractivity contribution in [1.29, 1.82) is 0 Å². The molecule has 4 N–H and O–H groups in total. The summed E-state index contributed by atoms with van der Waals surface area (Å²) in [5.74, 6) is 0. The fourth-order valence-electron chi connectivity index (χ4n) is 2.86. The zero-order valence-corrected chi connectivity index (χ0v) is 13.9. The number of nitrogens with one attached hydrogen (secondary N) is 2. The number of carbonyl (C=O) groups excluding carboxylic acids is 2. The van der Waals surface area contributed by atoms with Gasteiger partial charge in [-0.3, -0.25) is 0 Å². The number of carbonyl (C=O) groups is 2. The Morgan fingerprint density at radius 3 is 2.32 bits per heavy atom. The topological polar surface area (TPSA) is 87.5 Å². The number of urea groups is 2. The molecule has 4 amide bonds. The van der Waals surface area contributed by atoms with E-state index < -0.39 is 6.03 Å². The number of amides is 4. The highest BCUT2D eigenvalue weighted by molar-refractivity contribution is 5.79. The van der Waals surface area contributed by atoms with E-state index in [0.717, 1.165) is 44.9 Å². The van der Waals surface area contributed by atoms with Crippen LogP contribution in [0.25, 0.3) is 0 Å². The third kappa shape index (κ3) is 8.10. The summed E-state index contributed by atoms with van der Waals surface area (Å²) in [5, 5.41) is 4.14. The van der Waals surface area contributed by atoms with E-state index in [1.807, 2.05) is 0 Å². The maximum Gasteiger partial charge on any atom is 0.333 e. The summed E-state index contributed by atoms with van der Waals surface area (Å²) < 4.78 is 0. The van der Waals surface area contributed by atoms with Gasteiger partial charge in [-0.1, -0.05) is 58.3 Å². The van der Waals surface area contributed by atoms with Crippen molar-refractivity contribution in [3.63, 3.8) is 0 Å². The Morgan fingerprint density at radius 1 is 1.05 bits per heavy atom. The van der Waals surface area contributed by atoms with Gasteiger partial charge in [-0.2, -0.15) is 0 Å². The standard InChI is InChI=1S/C16H32N4O2/c1-2-3-4-5-6-10-13-20(15(17)21)19-16(22)18-14-11-8-7-9-12-14/h14H,2-13H2,1H3,(H2,17,21)(H2,18,19,22). The van der Waals surface area contributed by atoms with Gasteiger partial charge in [0.2, 0.25) is 0 Å². The Morgan fingerprint density at radius 2 is 1.68 bits per heavy atom. The molecular weight excluding hydrogens is 280 g/mol. The Kier molecular flexibility index (Phi) is 9.42. The molecule has 0 aromatic carbocycles. The average molecular weight is 312 g/mol. The summed E-state index contributed by atoms with van der Waals surface area (Å²) in [7, 11) is 0. The van der Waals surface area contributed by atoms with Crippen molar-refractivity contribution < 1.29 is 9.59 Å². The van der Waals surface area contributed by atoms with Crippen LogP contribution >= 0.6 is 0 Å². The first-order valence-corrected chi connectivity index (χ1v) is 8.77. The van der Waals surface area contributed by atoms with Gasteiger partial charge in [0.25, 0.3) is 0 Å². The number of hydrogen-bond donors (Lipinski definition) is 3. The van der Waals surface area contributed by atoms with Crippen LogP contribution in [-0.2, 0) is 0 Å². The molecule has 22 heavy (non-hydrogen) atoms. The summed E-state index contributed by atoms with van der Waals surface area (Å²) >= 11 is 0. The van der Waals surface area contributed by atoms with E-state index in [4.69, 9.17) is 5.73 Å². The Balaban J connectivity index is 2.21. The van der Waals surface area contributed by atoms with E-state index in [1.165, 1.54) is 30.7 Å². The third-order valence-corrected chi connectivity index (χ3v) is 4.18. The molecule has 1 aliphatic carbocycles. The van der Waals surface area contributed by atoms with Crippen LogP contribution in [0.2, 0.25) is 0 Å². The number of hydrogen-bond acceptors (Lipinski definition) is 2. The molecule has 0 atom stereocenters. The second kappa shape index (κ2) is 11.2. The maximum atomic E-state index is 11.9. The van der Waals surface area contributed by atoms with Gasteiger partial charge in [0, 0.05) is 12.6 Å². The number of unbranched alkanes of at least 4 members (excludes halogenated alkanes) is 5. The molecule has 6 nitrogen and oxygen atoms in total. The van der Waals surface area contributed by atoms with Gasteiger partial charge in [0.05, 0.1) is 0 Å². The van der Waals surface area contributed by atoms with Crippen LogP contribution < -0.4 is 16.5 Å². The highest BCUT2D eigenvalue weighted by Crippen LogP contribution is 2.17. The fraction of sp³-hybridized carbons (Fsp3) is 0.875. The van der Waals surface area contributed by atoms with Gasteiger partial charge in [-0.15, -0.1) is 0 Å². The molecule has 0 aromatic heterocycles. The number of nitrogens with zero attached hydrogens (tertiary/aromatic N) is 1. The Hall–Kier alpha value is -1.46. The van der Waals surface area contributed by atoms with E-state index >= 15 is 0 Å². The average Bonchev–Trinajstić information content (AvgIpc) is 2.50. The van der Waals surface area contributed by atoms with Gasteiger partial charge in [-0.05, 0) is 19.3 Å². The summed E-state index contributed by atoms with van der Waals surface area (Å²) in [4.78, 5) is 23.3. The second-order valence-corrected chi connectivity index (χ2v) is 6.18. The fourth-order valence-corrected chi connectivity index (χ4v) is 2.86. The van der Waals surface area contributed by atoms with Crippen molar-refractivity contribution in [3.05, 3.63) is 0 Å². The minimum absolute atomic E-state index is 0.220. The molecule has 0 aromatic rings. The molecule has 6 heteroatoms. The zero-order valence-electron chi connectivity index (χ0n) is 13.9. The molecule has 0 spiro atoms. The minimum Gasteiger partial charge on any atom is -0.350 e. The highest BCUT2D eigenvalue weighted by atomic mass is 16.2. The summed E-state index contributed by atoms with van der Waals surface area (Å²) in [6.07, 6.45) is 12.3. The molecule has 1 fully saturated rings. The highest BCUT2D eigenvalue weighted by Gasteiger charge is 2.18. The van der Waals surface area contributed by atoms with E-state index in [9.17, 15) is 9.59 Å². The minimum atomic E-state index is -0.604. The smallest absolute Gasteiger partial charge is 0.333 e. The summed E-state index contributed by atoms with van der Waals surface area (Å²) in [6, 6.07) is -0.707. The number of hydrazine groups is 1. The van der Waals surface area contributed by atoms with Crippen LogP contribution in [0.1, 0.15) is 77.6 Å². The number of nitrogens with two attached hydrogens (primary N) is 1. The molecule has 1 rings (SSSR count). The monoisotopic (exact) mass is 312 g/mol. The summed E-state index contributed by atoms with van der Waals surface area (Å²) in [6.45, 7) is 2.66. The van der Waals surface area contributed by atoms with Crippen molar-refractivity contribution >= 4 is 12.1 Å². The van der Waals surface area contributed by atoms with Crippen molar-refractivity contribution in [2.75, 3.05) is 6.54 Å². The number of primary amides is 1. The molecule has 0 aliphatic heterocycles. The first kappa shape index (κ1) is 18.6. The quantitative estimate of drug-likeness (QED) is 0.474. The maximum absolute atomic E-state index is 11.9. The van der Waals surface area contributed by atoms with Gasteiger partial charge >= 0.3 is 12.1 Å². The molecule has 1 aliphatic rings. The molecular formula is C16H32N4O2. The van der Waals surface area contributed by atoms with Gasteiger partial charge in [0.1, 0.15) is 0 Å². The molecule has 1 saturated carbocycles. The van der Waals surface area contributed by atoms with Crippen LogP contribution in [-0.4, -0.2) is 29.7 Å². The predicted molar refractivity (Wildman–Crippen MR) is 88.2 cm³/mol. The normalized spacial score (nSPS) is 15.3. The third-order valence-electron chi connectivity index (χ3n) is 4.18. The molecule has 0 saturated heterocycles. The van der Waals surface area contributed by atoms with Gasteiger partial charge in [0.15, 0.2) is 0 Å². The lowest BCUT2D eigenvalue weighted by Crippen LogP contribution is -2.54. The van der Waals surface area contributed by atoms with E-state index in [0.29, 0.717) is 6.54 Å². The molecule has 0 radical (unpaired) electrons.